The molecule has 0 unspecified atom stereocenters. The lowest BCUT2D eigenvalue weighted by molar-refractivity contribution is -0.126. The molecule has 5 nitrogen and oxygen atoms in total. The monoisotopic (exact) mass is 330 g/mol. The third kappa shape index (κ3) is 4.46. The largest absolute Gasteiger partial charge is 0.353 e. The highest BCUT2D eigenvalue weighted by molar-refractivity contribution is 5.79. The van der Waals surface area contributed by atoms with Crippen LogP contribution in [0.4, 0.5) is 5.95 Å². The van der Waals surface area contributed by atoms with E-state index in [1.807, 2.05) is 19.9 Å². The predicted molar refractivity (Wildman–Crippen MR) is 96.1 cm³/mol. The molecule has 5 heteroatoms. The first-order valence-electron chi connectivity index (χ1n) is 9.49. The molecule has 1 aromatic rings. The van der Waals surface area contributed by atoms with Crippen molar-refractivity contribution >= 4 is 11.9 Å². The number of aromatic nitrogens is 2. The van der Waals surface area contributed by atoms with Gasteiger partial charge in [-0.05, 0) is 45.6 Å². The van der Waals surface area contributed by atoms with E-state index in [0.717, 1.165) is 56.1 Å². The standard InChI is InChI=1S/C19H30N4O/c1-14-12-15(2)21-19(20-14)23-11-7-8-16(13-23)18(24)22-17-9-5-3-4-6-10-17/h12,16-17H,3-11,13H2,1-2H3,(H,22,24)/t16-/m0/s1. The van der Waals surface area contributed by atoms with Crippen molar-refractivity contribution in [3.05, 3.63) is 17.5 Å². The van der Waals surface area contributed by atoms with E-state index >= 15 is 0 Å². The second kappa shape index (κ2) is 7.95. The van der Waals surface area contributed by atoms with E-state index in [-0.39, 0.29) is 11.8 Å². The van der Waals surface area contributed by atoms with Gasteiger partial charge in [-0.1, -0.05) is 25.7 Å². The number of anilines is 1. The number of amides is 1. The molecule has 1 aliphatic heterocycles. The number of nitrogens with one attached hydrogen (secondary N) is 1. The number of hydrogen-bond donors (Lipinski definition) is 1. The SMILES string of the molecule is Cc1cc(C)nc(N2CCC[C@H](C(=O)NC3CCCCCC3)C2)n1. The number of hydrogen-bond acceptors (Lipinski definition) is 4. The third-order valence-electron chi connectivity index (χ3n) is 5.25. The minimum atomic E-state index is 0.0615. The molecule has 1 aliphatic carbocycles. The highest BCUT2D eigenvalue weighted by atomic mass is 16.2. The average Bonchev–Trinajstić information content (AvgIpc) is 2.83. The van der Waals surface area contributed by atoms with Crippen LogP contribution in [0.25, 0.3) is 0 Å². The van der Waals surface area contributed by atoms with Crippen molar-refractivity contribution < 1.29 is 4.79 Å². The Balaban J connectivity index is 1.61. The summed E-state index contributed by atoms with van der Waals surface area (Å²) in [6.07, 6.45) is 9.40. The fraction of sp³-hybridized carbons (Fsp3) is 0.737. The van der Waals surface area contributed by atoms with Gasteiger partial charge in [-0.25, -0.2) is 9.97 Å². The van der Waals surface area contributed by atoms with Crippen LogP contribution in [-0.4, -0.2) is 35.0 Å². The lowest BCUT2D eigenvalue weighted by Crippen LogP contribution is -2.46. The van der Waals surface area contributed by atoms with Crippen LogP contribution < -0.4 is 10.2 Å². The van der Waals surface area contributed by atoms with Crippen molar-refractivity contribution in [2.24, 2.45) is 5.92 Å². The summed E-state index contributed by atoms with van der Waals surface area (Å²) in [5.74, 6) is 1.07. The third-order valence-corrected chi connectivity index (χ3v) is 5.25. The van der Waals surface area contributed by atoms with Gasteiger partial charge >= 0.3 is 0 Å². The van der Waals surface area contributed by atoms with Gasteiger partial charge in [0.2, 0.25) is 11.9 Å². The second-order valence-electron chi connectivity index (χ2n) is 7.43. The number of carbonyl (C=O) groups is 1. The molecule has 3 rings (SSSR count). The summed E-state index contributed by atoms with van der Waals surface area (Å²) in [6.45, 7) is 5.67. The highest BCUT2D eigenvalue weighted by Gasteiger charge is 2.28. The van der Waals surface area contributed by atoms with Gasteiger partial charge in [-0.2, -0.15) is 0 Å². The zero-order chi connectivity index (χ0) is 16.9. The molecule has 1 saturated heterocycles. The van der Waals surface area contributed by atoms with Crippen LogP contribution >= 0.6 is 0 Å². The van der Waals surface area contributed by atoms with Crippen LogP contribution in [0.3, 0.4) is 0 Å². The van der Waals surface area contributed by atoms with Gasteiger partial charge in [0, 0.05) is 30.5 Å². The van der Waals surface area contributed by atoms with Crippen molar-refractivity contribution in [2.45, 2.75) is 71.3 Å². The van der Waals surface area contributed by atoms with E-state index in [2.05, 4.69) is 20.2 Å². The second-order valence-corrected chi connectivity index (χ2v) is 7.43. The average molecular weight is 330 g/mol. The minimum absolute atomic E-state index is 0.0615. The molecule has 0 bridgehead atoms. The smallest absolute Gasteiger partial charge is 0.225 e. The summed E-state index contributed by atoms with van der Waals surface area (Å²) in [5.41, 5.74) is 1.98. The van der Waals surface area contributed by atoms with Crippen molar-refractivity contribution in [1.82, 2.24) is 15.3 Å². The van der Waals surface area contributed by atoms with Gasteiger partial charge in [-0.3, -0.25) is 4.79 Å². The van der Waals surface area contributed by atoms with Crippen molar-refractivity contribution in [3.63, 3.8) is 0 Å². The number of aryl methyl sites for hydroxylation is 2. The summed E-state index contributed by atoms with van der Waals surface area (Å²) in [7, 11) is 0. The molecule has 1 amide bonds. The molecule has 24 heavy (non-hydrogen) atoms. The zero-order valence-electron chi connectivity index (χ0n) is 15.1. The topological polar surface area (TPSA) is 58.1 Å². The van der Waals surface area contributed by atoms with Gasteiger partial charge in [0.15, 0.2) is 0 Å². The first-order valence-corrected chi connectivity index (χ1v) is 9.49. The Morgan fingerprint density at radius 2 is 1.71 bits per heavy atom. The molecule has 2 heterocycles. The maximum atomic E-state index is 12.7. The van der Waals surface area contributed by atoms with E-state index in [1.54, 1.807) is 0 Å². The lowest BCUT2D eigenvalue weighted by atomic mass is 9.96. The van der Waals surface area contributed by atoms with Gasteiger partial charge < -0.3 is 10.2 Å². The van der Waals surface area contributed by atoms with Crippen molar-refractivity contribution in [1.29, 1.82) is 0 Å². The molecular formula is C19H30N4O. The van der Waals surface area contributed by atoms with Gasteiger partial charge in [0.05, 0.1) is 5.92 Å². The fourth-order valence-corrected chi connectivity index (χ4v) is 3.96. The summed E-state index contributed by atoms with van der Waals surface area (Å²) >= 11 is 0. The Bertz CT molecular complexity index is 546. The van der Waals surface area contributed by atoms with Crippen LogP contribution in [0.5, 0.6) is 0 Å². The quantitative estimate of drug-likeness (QED) is 0.865. The first kappa shape index (κ1) is 17.2. The summed E-state index contributed by atoms with van der Waals surface area (Å²) in [5, 5.41) is 3.32. The number of rotatable bonds is 3. The lowest BCUT2D eigenvalue weighted by Gasteiger charge is -2.33. The fourth-order valence-electron chi connectivity index (χ4n) is 3.96. The Hall–Kier alpha value is -1.65. The number of piperidine rings is 1. The molecule has 0 radical (unpaired) electrons. The predicted octanol–water partition coefficient (Wildman–Crippen LogP) is 3.15. The Labute approximate surface area is 145 Å². The summed E-state index contributed by atoms with van der Waals surface area (Å²) < 4.78 is 0. The van der Waals surface area contributed by atoms with Gasteiger partial charge in [0.1, 0.15) is 0 Å². The normalized spacial score (nSPS) is 22.9. The zero-order valence-corrected chi connectivity index (χ0v) is 15.1. The van der Waals surface area contributed by atoms with Crippen LogP contribution in [-0.2, 0) is 4.79 Å². The Kier molecular flexibility index (Phi) is 5.69. The van der Waals surface area contributed by atoms with E-state index < -0.39 is 0 Å². The molecular weight excluding hydrogens is 300 g/mol. The van der Waals surface area contributed by atoms with Crippen molar-refractivity contribution in [3.8, 4) is 0 Å². The van der Waals surface area contributed by atoms with Gasteiger partial charge in [-0.15, -0.1) is 0 Å². The van der Waals surface area contributed by atoms with Gasteiger partial charge in [0.25, 0.3) is 0 Å². The Morgan fingerprint density at radius 1 is 1.04 bits per heavy atom. The van der Waals surface area contributed by atoms with E-state index in [0.29, 0.717) is 6.04 Å². The molecule has 1 saturated carbocycles. The first-order chi connectivity index (χ1) is 11.6. The molecule has 0 spiro atoms. The molecule has 1 aromatic heterocycles. The van der Waals surface area contributed by atoms with E-state index in [9.17, 15) is 4.79 Å². The van der Waals surface area contributed by atoms with E-state index in [4.69, 9.17) is 0 Å². The molecule has 1 N–H and O–H groups in total. The van der Waals surface area contributed by atoms with Crippen LogP contribution in [0.1, 0.15) is 62.8 Å². The minimum Gasteiger partial charge on any atom is -0.353 e. The maximum Gasteiger partial charge on any atom is 0.225 e. The number of nitrogens with zero attached hydrogens (tertiary/aromatic N) is 3. The highest BCUT2D eigenvalue weighted by Crippen LogP contribution is 2.23. The van der Waals surface area contributed by atoms with E-state index in [1.165, 1.54) is 25.7 Å². The summed E-state index contributed by atoms with van der Waals surface area (Å²) in [4.78, 5) is 24.0. The molecule has 132 valence electrons. The van der Waals surface area contributed by atoms with Crippen LogP contribution in [0.2, 0.25) is 0 Å². The number of carbonyl (C=O) groups excluding carboxylic acids is 1. The maximum absolute atomic E-state index is 12.7. The summed E-state index contributed by atoms with van der Waals surface area (Å²) in [6, 6.07) is 2.37. The van der Waals surface area contributed by atoms with Crippen LogP contribution in [0, 0.1) is 19.8 Å². The molecule has 2 fully saturated rings. The molecule has 2 aliphatic rings. The Morgan fingerprint density at radius 3 is 2.38 bits per heavy atom. The molecule has 1 atom stereocenters. The molecule has 0 aromatic carbocycles. The van der Waals surface area contributed by atoms with Crippen molar-refractivity contribution in [2.75, 3.05) is 18.0 Å². The van der Waals surface area contributed by atoms with Crippen LogP contribution in [0.15, 0.2) is 6.07 Å².